The first-order valence-corrected chi connectivity index (χ1v) is 5.90. The van der Waals surface area contributed by atoms with Gasteiger partial charge in [0.15, 0.2) is 0 Å². The molecule has 0 radical (unpaired) electrons. The van der Waals surface area contributed by atoms with Crippen molar-refractivity contribution in [3.8, 4) is 12.3 Å². The fraction of sp³-hybridized carbons (Fsp3) is 0.571. The Labute approximate surface area is 108 Å². The van der Waals surface area contributed by atoms with Gasteiger partial charge in [0.05, 0.1) is 5.69 Å². The van der Waals surface area contributed by atoms with Crippen LogP contribution in [0.1, 0.15) is 43.2 Å². The van der Waals surface area contributed by atoms with E-state index in [1.54, 1.807) is 24.9 Å². The molecule has 0 saturated carbocycles. The van der Waals surface area contributed by atoms with E-state index in [1.807, 2.05) is 20.8 Å². The van der Waals surface area contributed by atoms with Gasteiger partial charge in [-0.1, -0.05) is 20.8 Å². The molecule has 0 aromatic carbocycles. The molecule has 0 fully saturated rings. The van der Waals surface area contributed by atoms with E-state index in [9.17, 15) is 4.79 Å². The number of terminal acetylenes is 1. The van der Waals surface area contributed by atoms with Crippen molar-refractivity contribution in [2.24, 2.45) is 12.5 Å². The monoisotopic (exact) mass is 248 g/mol. The lowest BCUT2D eigenvalue weighted by atomic mass is 9.87. The molecule has 0 aliphatic heterocycles. The number of rotatable bonds is 3. The third-order valence-corrected chi connectivity index (χ3v) is 2.75. The lowest BCUT2D eigenvalue weighted by Crippen LogP contribution is -2.31. The molecule has 1 heterocycles. The Morgan fingerprint density at radius 1 is 1.61 bits per heavy atom. The summed E-state index contributed by atoms with van der Waals surface area (Å²) in [5.74, 6) is 2.19. The van der Waals surface area contributed by atoms with Gasteiger partial charge in [-0.3, -0.25) is 4.68 Å². The zero-order chi connectivity index (χ0) is 13.9. The number of aryl methyl sites for hydroxylation is 2. The number of esters is 1. The number of carbonyl (C=O) groups is 1. The molecule has 98 valence electrons. The highest BCUT2D eigenvalue weighted by atomic mass is 16.5. The number of hydrogen-bond acceptors (Lipinski definition) is 3. The minimum absolute atomic E-state index is 0.182. The SMILES string of the molecule is C#CCC(OC(=O)c1cn(C)nc1C)C(C)(C)C. The zero-order valence-electron chi connectivity index (χ0n) is 11.7. The molecule has 1 unspecified atom stereocenters. The molecule has 0 amide bonds. The van der Waals surface area contributed by atoms with Gasteiger partial charge in [-0.15, -0.1) is 12.3 Å². The first-order chi connectivity index (χ1) is 8.25. The van der Waals surface area contributed by atoms with Crippen LogP contribution in [0.2, 0.25) is 0 Å². The van der Waals surface area contributed by atoms with Crippen LogP contribution in [-0.2, 0) is 11.8 Å². The Hall–Kier alpha value is -1.76. The smallest absolute Gasteiger partial charge is 0.341 e. The fourth-order valence-electron chi connectivity index (χ4n) is 1.62. The predicted molar refractivity (Wildman–Crippen MR) is 70.1 cm³/mol. The summed E-state index contributed by atoms with van der Waals surface area (Å²) in [5.41, 5.74) is 0.970. The Morgan fingerprint density at radius 2 is 2.22 bits per heavy atom. The normalized spacial score (nSPS) is 12.9. The molecule has 0 aliphatic rings. The maximum atomic E-state index is 12.1. The van der Waals surface area contributed by atoms with E-state index in [0.717, 1.165) is 0 Å². The highest BCUT2D eigenvalue weighted by Crippen LogP contribution is 2.25. The number of nitrogens with zero attached hydrogens (tertiary/aromatic N) is 2. The van der Waals surface area contributed by atoms with E-state index in [-0.39, 0.29) is 17.5 Å². The molecule has 0 N–H and O–H groups in total. The van der Waals surface area contributed by atoms with Crippen molar-refractivity contribution >= 4 is 5.97 Å². The van der Waals surface area contributed by atoms with E-state index in [1.165, 1.54) is 0 Å². The van der Waals surface area contributed by atoms with Crippen molar-refractivity contribution in [2.75, 3.05) is 0 Å². The predicted octanol–water partition coefficient (Wildman–Crippen LogP) is 2.32. The highest BCUT2D eigenvalue weighted by Gasteiger charge is 2.29. The first-order valence-electron chi connectivity index (χ1n) is 5.90. The molecule has 18 heavy (non-hydrogen) atoms. The molecule has 0 spiro atoms. The van der Waals surface area contributed by atoms with Crippen LogP contribution in [0, 0.1) is 24.7 Å². The molecule has 0 saturated heterocycles. The zero-order valence-corrected chi connectivity index (χ0v) is 11.7. The first kappa shape index (κ1) is 14.3. The maximum absolute atomic E-state index is 12.1. The van der Waals surface area contributed by atoms with Crippen LogP contribution in [0.15, 0.2) is 6.20 Å². The van der Waals surface area contributed by atoms with Crippen molar-refractivity contribution in [3.05, 3.63) is 17.5 Å². The molecular formula is C14H20N2O2. The summed E-state index contributed by atoms with van der Waals surface area (Å²) >= 11 is 0. The average molecular weight is 248 g/mol. The van der Waals surface area contributed by atoms with Gasteiger partial charge in [0.25, 0.3) is 0 Å². The largest absolute Gasteiger partial charge is 0.457 e. The van der Waals surface area contributed by atoms with Crippen molar-refractivity contribution in [1.29, 1.82) is 0 Å². The Kier molecular flexibility index (Phi) is 4.18. The quantitative estimate of drug-likeness (QED) is 0.609. The molecule has 4 heteroatoms. The van der Waals surface area contributed by atoms with E-state index in [0.29, 0.717) is 17.7 Å². The number of aromatic nitrogens is 2. The van der Waals surface area contributed by atoms with Gasteiger partial charge < -0.3 is 4.74 Å². The van der Waals surface area contributed by atoms with Crippen LogP contribution >= 0.6 is 0 Å². The summed E-state index contributed by atoms with van der Waals surface area (Å²) < 4.78 is 7.10. The summed E-state index contributed by atoms with van der Waals surface area (Å²) in [4.78, 5) is 12.1. The summed E-state index contributed by atoms with van der Waals surface area (Å²) in [5, 5.41) is 4.12. The third-order valence-electron chi connectivity index (χ3n) is 2.75. The van der Waals surface area contributed by atoms with Crippen molar-refractivity contribution in [2.45, 2.75) is 40.2 Å². The van der Waals surface area contributed by atoms with Crippen LogP contribution in [0.3, 0.4) is 0 Å². The van der Waals surface area contributed by atoms with Gasteiger partial charge in [-0.05, 0) is 12.3 Å². The van der Waals surface area contributed by atoms with Crippen LogP contribution in [0.5, 0.6) is 0 Å². The highest BCUT2D eigenvalue weighted by molar-refractivity contribution is 5.90. The van der Waals surface area contributed by atoms with Gasteiger partial charge in [0.2, 0.25) is 0 Å². The molecule has 0 bridgehead atoms. The molecule has 4 nitrogen and oxygen atoms in total. The molecule has 1 aromatic rings. The lowest BCUT2D eigenvalue weighted by molar-refractivity contribution is -0.000621. The topological polar surface area (TPSA) is 44.1 Å². The molecule has 1 rings (SSSR count). The van der Waals surface area contributed by atoms with Crippen LogP contribution in [-0.4, -0.2) is 21.9 Å². The van der Waals surface area contributed by atoms with E-state index in [2.05, 4.69) is 11.0 Å². The fourth-order valence-corrected chi connectivity index (χ4v) is 1.62. The standard InChI is InChI=1S/C14H20N2O2/c1-7-8-12(14(3,4)5)18-13(17)11-9-16(6)15-10(11)2/h1,9,12H,8H2,2-6H3. The van der Waals surface area contributed by atoms with Gasteiger partial charge in [0, 0.05) is 19.7 Å². The van der Waals surface area contributed by atoms with Crippen molar-refractivity contribution in [1.82, 2.24) is 9.78 Å². The van der Waals surface area contributed by atoms with Gasteiger partial charge in [-0.25, -0.2) is 4.79 Å². The van der Waals surface area contributed by atoms with Crippen LogP contribution in [0.25, 0.3) is 0 Å². The second-order valence-corrected chi connectivity index (χ2v) is 5.47. The molecule has 1 aromatic heterocycles. The Bertz CT molecular complexity index is 475. The third kappa shape index (κ3) is 3.36. The van der Waals surface area contributed by atoms with Crippen LogP contribution in [0.4, 0.5) is 0 Å². The summed E-state index contributed by atoms with van der Waals surface area (Å²) in [6.07, 6.45) is 7.09. The van der Waals surface area contributed by atoms with E-state index in [4.69, 9.17) is 11.2 Å². The van der Waals surface area contributed by atoms with Crippen molar-refractivity contribution in [3.63, 3.8) is 0 Å². The molecular weight excluding hydrogens is 228 g/mol. The second kappa shape index (κ2) is 5.26. The summed E-state index contributed by atoms with van der Waals surface area (Å²) in [6.45, 7) is 7.78. The summed E-state index contributed by atoms with van der Waals surface area (Å²) in [7, 11) is 1.77. The Morgan fingerprint density at radius 3 is 2.61 bits per heavy atom. The summed E-state index contributed by atoms with van der Waals surface area (Å²) in [6, 6.07) is 0. The molecule has 0 aliphatic carbocycles. The Balaban J connectivity index is 2.86. The molecule has 1 atom stereocenters. The van der Waals surface area contributed by atoms with Crippen molar-refractivity contribution < 1.29 is 9.53 Å². The number of hydrogen-bond donors (Lipinski definition) is 0. The van der Waals surface area contributed by atoms with Crippen LogP contribution < -0.4 is 0 Å². The maximum Gasteiger partial charge on any atom is 0.341 e. The lowest BCUT2D eigenvalue weighted by Gasteiger charge is -2.28. The minimum atomic E-state index is -0.365. The van der Waals surface area contributed by atoms with Gasteiger partial charge >= 0.3 is 5.97 Å². The van der Waals surface area contributed by atoms with Gasteiger partial charge in [-0.2, -0.15) is 5.10 Å². The minimum Gasteiger partial charge on any atom is -0.457 e. The number of ether oxygens (including phenoxy) is 1. The van der Waals surface area contributed by atoms with E-state index < -0.39 is 0 Å². The second-order valence-electron chi connectivity index (χ2n) is 5.47. The van der Waals surface area contributed by atoms with Gasteiger partial charge in [0.1, 0.15) is 11.7 Å². The van der Waals surface area contributed by atoms with E-state index >= 15 is 0 Å². The average Bonchev–Trinajstić information content (AvgIpc) is 2.55. The number of carbonyl (C=O) groups excluding carboxylic acids is 1.